The lowest BCUT2D eigenvalue weighted by atomic mass is 10.3. The van der Waals surface area contributed by atoms with E-state index in [2.05, 4.69) is 5.32 Å². The van der Waals surface area contributed by atoms with Crippen molar-refractivity contribution in [3.8, 4) is 11.5 Å². The molecule has 0 unspecified atom stereocenters. The fraction of sp³-hybridized carbons (Fsp3) is 0.267. The molecule has 20 heavy (non-hydrogen) atoms. The van der Waals surface area contributed by atoms with Gasteiger partial charge in [-0.15, -0.1) is 11.3 Å². The standard InChI is InChI=1S/C15H17NO3S/c1-11(14-4-3-9-20-14)16-15(17)10-19-13-7-5-12(18-2)6-8-13/h3-9,11H,10H2,1-2H3,(H,16,17)/t11-/m0/s1. The van der Waals surface area contributed by atoms with Crippen molar-refractivity contribution in [1.29, 1.82) is 0 Å². The minimum Gasteiger partial charge on any atom is -0.497 e. The van der Waals surface area contributed by atoms with Gasteiger partial charge in [-0.25, -0.2) is 0 Å². The van der Waals surface area contributed by atoms with Crippen molar-refractivity contribution in [2.45, 2.75) is 13.0 Å². The van der Waals surface area contributed by atoms with Gasteiger partial charge < -0.3 is 14.8 Å². The highest BCUT2D eigenvalue weighted by molar-refractivity contribution is 7.10. The minimum absolute atomic E-state index is 0.00182. The van der Waals surface area contributed by atoms with E-state index in [9.17, 15) is 4.79 Å². The first kappa shape index (κ1) is 14.4. The molecule has 0 aliphatic heterocycles. The Morgan fingerprint density at radius 2 is 1.95 bits per heavy atom. The maximum atomic E-state index is 11.8. The molecule has 0 radical (unpaired) electrons. The van der Waals surface area contributed by atoms with Crippen LogP contribution in [0.25, 0.3) is 0 Å². The first-order valence-electron chi connectivity index (χ1n) is 6.28. The molecule has 1 heterocycles. The van der Waals surface area contributed by atoms with Crippen molar-refractivity contribution >= 4 is 17.2 Å². The first-order valence-corrected chi connectivity index (χ1v) is 7.16. The molecule has 0 saturated carbocycles. The van der Waals surface area contributed by atoms with Crippen molar-refractivity contribution in [3.05, 3.63) is 46.7 Å². The molecule has 2 aromatic rings. The van der Waals surface area contributed by atoms with E-state index in [1.54, 1.807) is 42.7 Å². The normalized spacial score (nSPS) is 11.7. The highest BCUT2D eigenvalue weighted by Gasteiger charge is 2.10. The van der Waals surface area contributed by atoms with Gasteiger partial charge in [-0.1, -0.05) is 6.07 Å². The third-order valence-corrected chi connectivity index (χ3v) is 3.83. The average Bonchev–Trinajstić information content (AvgIpc) is 3.00. The maximum absolute atomic E-state index is 11.8. The molecule has 5 heteroatoms. The average molecular weight is 291 g/mol. The third-order valence-electron chi connectivity index (χ3n) is 2.78. The molecule has 106 valence electrons. The largest absolute Gasteiger partial charge is 0.497 e. The number of methoxy groups -OCH3 is 1. The zero-order valence-electron chi connectivity index (χ0n) is 11.5. The molecule has 1 aromatic carbocycles. The lowest BCUT2D eigenvalue weighted by molar-refractivity contribution is -0.123. The second-order valence-corrected chi connectivity index (χ2v) is 5.25. The van der Waals surface area contributed by atoms with Crippen LogP contribution in [0.2, 0.25) is 0 Å². The van der Waals surface area contributed by atoms with Crippen LogP contribution in [0.1, 0.15) is 17.8 Å². The van der Waals surface area contributed by atoms with Crippen LogP contribution in [0.4, 0.5) is 0 Å². The summed E-state index contributed by atoms with van der Waals surface area (Å²) in [7, 11) is 1.61. The summed E-state index contributed by atoms with van der Waals surface area (Å²) in [5, 5.41) is 4.89. The second kappa shape index (κ2) is 6.96. The summed E-state index contributed by atoms with van der Waals surface area (Å²) in [5.74, 6) is 1.26. The highest BCUT2D eigenvalue weighted by atomic mass is 32.1. The van der Waals surface area contributed by atoms with Crippen molar-refractivity contribution in [1.82, 2.24) is 5.32 Å². The number of carbonyl (C=O) groups excluding carboxylic acids is 1. The molecule has 1 aromatic heterocycles. The second-order valence-electron chi connectivity index (χ2n) is 4.27. The zero-order chi connectivity index (χ0) is 14.4. The lowest BCUT2D eigenvalue weighted by Crippen LogP contribution is -2.30. The van der Waals surface area contributed by atoms with Gasteiger partial charge in [0.2, 0.25) is 0 Å². The van der Waals surface area contributed by atoms with Gasteiger partial charge >= 0.3 is 0 Å². The van der Waals surface area contributed by atoms with Gasteiger partial charge in [0.25, 0.3) is 5.91 Å². The first-order chi connectivity index (χ1) is 9.69. The lowest BCUT2D eigenvalue weighted by Gasteiger charge is -2.13. The van der Waals surface area contributed by atoms with Crippen LogP contribution < -0.4 is 14.8 Å². The molecular formula is C15H17NO3S. The molecule has 2 rings (SSSR count). The van der Waals surface area contributed by atoms with E-state index in [0.717, 1.165) is 10.6 Å². The molecule has 0 saturated heterocycles. The van der Waals surface area contributed by atoms with Gasteiger partial charge in [0.05, 0.1) is 13.2 Å². The summed E-state index contributed by atoms with van der Waals surface area (Å²) in [6.07, 6.45) is 0. The predicted molar refractivity (Wildman–Crippen MR) is 79.4 cm³/mol. The van der Waals surface area contributed by atoms with Crippen LogP contribution in [-0.4, -0.2) is 19.6 Å². The molecule has 1 N–H and O–H groups in total. The zero-order valence-corrected chi connectivity index (χ0v) is 12.3. The maximum Gasteiger partial charge on any atom is 0.258 e. The van der Waals surface area contributed by atoms with E-state index in [1.807, 2.05) is 24.4 Å². The Bertz CT molecular complexity index is 537. The Balaban J connectivity index is 1.79. The molecular weight excluding hydrogens is 274 g/mol. The SMILES string of the molecule is COc1ccc(OCC(=O)N[C@@H](C)c2cccs2)cc1. The molecule has 0 aliphatic rings. The summed E-state index contributed by atoms with van der Waals surface area (Å²) in [4.78, 5) is 12.9. The van der Waals surface area contributed by atoms with E-state index in [4.69, 9.17) is 9.47 Å². The summed E-state index contributed by atoms with van der Waals surface area (Å²) in [6, 6.07) is 11.1. The number of amides is 1. The van der Waals surface area contributed by atoms with Gasteiger partial charge in [-0.2, -0.15) is 0 Å². The summed E-state index contributed by atoms with van der Waals surface area (Å²) in [6.45, 7) is 1.96. The molecule has 1 amide bonds. The number of thiophene rings is 1. The molecule has 1 atom stereocenters. The van der Waals surface area contributed by atoms with E-state index in [-0.39, 0.29) is 18.6 Å². The topological polar surface area (TPSA) is 47.6 Å². The summed E-state index contributed by atoms with van der Waals surface area (Å²) >= 11 is 1.62. The van der Waals surface area contributed by atoms with Crippen LogP contribution in [0.3, 0.4) is 0 Å². The number of carbonyl (C=O) groups is 1. The summed E-state index contributed by atoms with van der Waals surface area (Å²) < 4.78 is 10.5. The molecule has 0 spiro atoms. The Morgan fingerprint density at radius 1 is 1.25 bits per heavy atom. The van der Waals surface area contributed by atoms with Crippen molar-refractivity contribution in [3.63, 3.8) is 0 Å². The minimum atomic E-state index is -0.137. The molecule has 0 bridgehead atoms. The number of ether oxygens (including phenoxy) is 2. The van der Waals surface area contributed by atoms with Gasteiger partial charge in [0, 0.05) is 4.88 Å². The van der Waals surface area contributed by atoms with E-state index in [0.29, 0.717) is 5.75 Å². The quantitative estimate of drug-likeness (QED) is 0.890. The van der Waals surface area contributed by atoms with Crippen molar-refractivity contribution in [2.75, 3.05) is 13.7 Å². The monoisotopic (exact) mass is 291 g/mol. The van der Waals surface area contributed by atoms with Gasteiger partial charge in [0.15, 0.2) is 6.61 Å². The fourth-order valence-electron chi connectivity index (χ4n) is 1.71. The van der Waals surface area contributed by atoms with Gasteiger partial charge in [-0.05, 0) is 42.6 Å². The Morgan fingerprint density at radius 3 is 2.55 bits per heavy atom. The fourth-order valence-corrected chi connectivity index (χ4v) is 2.45. The van der Waals surface area contributed by atoms with Crippen LogP contribution in [0.5, 0.6) is 11.5 Å². The Labute approximate surface area is 122 Å². The number of rotatable bonds is 6. The van der Waals surface area contributed by atoms with E-state index < -0.39 is 0 Å². The molecule has 0 aliphatic carbocycles. The number of benzene rings is 1. The Hall–Kier alpha value is -2.01. The smallest absolute Gasteiger partial charge is 0.258 e. The van der Waals surface area contributed by atoms with E-state index >= 15 is 0 Å². The van der Waals surface area contributed by atoms with Gasteiger partial charge in [0.1, 0.15) is 11.5 Å². The molecule has 4 nitrogen and oxygen atoms in total. The Kier molecular flexibility index (Phi) is 5.01. The van der Waals surface area contributed by atoms with Crippen LogP contribution in [-0.2, 0) is 4.79 Å². The van der Waals surface area contributed by atoms with Crippen molar-refractivity contribution in [2.24, 2.45) is 0 Å². The van der Waals surface area contributed by atoms with Crippen LogP contribution >= 0.6 is 11.3 Å². The predicted octanol–water partition coefficient (Wildman–Crippen LogP) is 3.01. The number of hydrogen-bond acceptors (Lipinski definition) is 4. The highest BCUT2D eigenvalue weighted by Crippen LogP contribution is 2.19. The molecule has 0 fully saturated rings. The van der Waals surface area contributed by atoms with Crippen LogP contribution in [0.15, 0.2) is 41.8 Å². The number of nitrogens with one attached hydrogen (secondary N) is 1. The summed E-state index contributed by atoms with van der Waals surface area (Å²) in [5.41, 5.74) is 0. The van der Waals surface area contributed by atoms with E-state index in [1.165, 1.54) is 0 Å². The van der Waals surface area contributed by atoms with Crippen molar-refractivity contribution < 1.29 is 14.3 Å². The van der Waals surface area contributed by atoms with Gasteiger partial charge in [-0.3, -0.25) is 4.79 Å². The van der Waals surface area contributed by atoms with Crippen LogP contribution in [0, 0.1) is 0 Å². The number of hydrogen-bond donors (Lipinski definition) is 1. The third kappa shape index (κ3) is 3.99.